The summed E-state index contributed by atoms with van der Waals surface area (Å²) in [6.45, 7) is 6.12. The summed E-state index contributed by atoms with van der Waals surface area (Å²) in [4.78, 5) is 2.13. The molecular weight excluding hydrogens is 212 g/mol. The summed E-state index contributed by atoms with van der Waals surface area (Å²) >= 11 is 1.64. The standard InChI is InChI=1S/C15H12S/c1-4-8-12-11(3)13-9-6-7-10-15(13)16-14(12)5-2/h2,4,6-10H,3H2,1H3/b8-4-. The zero-order valence-electron chi connectivity index (χ0n) is 9.16. The van der Waals surface area contributed by atoms with E-state index in [2.05, 4.69) is 24.6 Å². The van der Waals surface area contributed by atoms with Crippen molar-refractivity contribution in [3.63, 3.8) is 0 Å². The summed E-state index contributed by atoms with van der Waals surface area (Å²) in [6.07, 6.45) is 9.56. The molecular formula is C15H12S. The Labute approximate surface area is 101 Å². The van der Waals surface area contributed by atoms with E-state index >= 15 is 0 Å². The highest BCUT2D eigenvalue weighted by atomic mass is 32.2. The lowest BCUT2D eigenvalue weighted by Crippen LogP contribution is -1.97. The Bertz CT molecular complexity index is 539. The number of thioether (sulfide) groups is 1. The molecule has 0 atom stereocenters. The van der Waals surface area contributed by atoms with Gasteiger partial charge in [-0.3, -0.25) is 0 Å². The smallest absolute Gasteiger partial charge is 0.0697 e. The van der Waals surface area contributed by atoms with Gasteiger partial charge >= 0.3 is 0 Å². The Morgan fingerprint density at radius 1 is 1.38 bits per heavy atom. The van der Waals surface area contributed by atoms with Gasteiger partial charge in [0.2, 0.25) is 0 Å². The van der Waals surface area contributed by atoms with Gasteiger partial charge in [-0.05, 0) is 24.1 Å². The molecule has 0 N–H and O–H groups in total. The highest BCUT2D eigenvalue weighted by molar-refractivity contribution is 8.03. The molecule has 1 heteroatoms. The Balaban J connectivity index is 2.59. The molecule has 0 radical (unpaired) electrons. The first-order chi connectivity index (χ1) is 7.77. The molecule has 0 nitrogen and oxygen atoms in total. The van der Waals surface area contributed by atoms with Gasteiger partial charge in [0, 0.05) is 10.5 Å². The first-order valence-corrected chi connectivity index (χ1v) is 5.89. The van der Waals surface area contributed by atoms with Gasteiger partial charge < -0.3 is 0 Å². The SMILES string of the molecule is C#CC1=C(/C=C\C)C(=C)c2ccccc2S1. The summed E-state index contributed by atoms with van der Waals surface area (Å²) in [5.74, 6) is 2.74. The average Bonchev–Trinajstić information content (AvgIpc) is 2.33. The van der Waals surface area contributed by atoms with Gasteiger partial charge in [-0.15, -0.1) is 6.42 Å². The van der Waals surface area contributed by atoms with E-state index in [1.165, 1.54) is 10.5 Å². The van der Waals surface area contributed by atoms with Crippen molar-refractivity contribution in [2.45, 2.75) is 11.8 Å². The number of rotatable bonds is 1. The molecule has 1 aromatic carbocycles. The van der Waals surface area contributed by atoms with Crippen molar-refractivity contribution in [3.8, 4) is 12.3 Å². The Hall–Kier alpha value is -1.65. The van der Waals surface area contributed by atoms with E-state index in [9.17, 15) is 0 Å². The van der Waals surface area contributed by atoms with Gasteiger partial charge in [-0.25, -0.2) is 0 Å². The lowest BCUT2D eigenvalue weighted by molar-refractivity contribution is 1.38. The van der Waals surface area contributed by atoms with Crippen molar-refractivity contribution < 1.29 is 0 Å². The van der Waals surface area contributed by atoms with E-state index in [4.69, 9.17) is 6.42 Å². The predicted molar refractivity (Wildman–Crippen MR) is 72.0 cm³/mol. The Morgan fingerprint density at radius 3 is 2.81 bits per heavy atom. The fourth-order valence-corrected chi connectivity index (χ4v) is 2.73. The number of terminal acetylenes is 1. The number of fused-ring (bicyclic) bond motifs is 1. The minimum atomic E-state index is 0.946. The third kappa shape index (κ3) is 1.73. The lowest BCUT2D eigenvalue weighted by Gasteiger charge is -2.19. The molecule has 0 bridgehead atoms. The number of benzene rings is 1. The number of hydrogen-bond donors (Lipinski definition) is 0. The minimum Gasteiger partial charge on any atom is -0.114 e. The molecule has 2 rings (SSSR count). The van der Waals surface area contributed by atoms with Gasteiger partial charge in [0.1, 0.15) is 0 Å². The highest BCUT2D eigenvalue weighted by Gasteiger charge is 2.18. The van der Waals surface area contributed by atoms with Crippen LogP contribution in [0.4, 0.5) is 0 Å². The topological polar surface area (TPSA) is 0 Å². The molecule has 0 unspecified atom stereocenters. The second-order valence-corrected chi connectivity index (χ2v) is 4.52. The maximum Gasteiger partial charge on any atom is 0.0697 e. The van der Waals surface area contributed by atoms with Crippen LogP contribution in [-0.4, -0.2) is 0 Å². The molecule has 1 heterocycles. The molecule has 0 fully saturated rings. The Morgan fingerprint density at radius 2 is 2.12 bits per heavy atom. The molecule has 1 aliphatic rings. The van der Waals surface area contributed by atoms with Crippen molar-refractivity contribution >= 4 is 17.3 Å². The minimum absolute atomic E-state index is 0.946. The zero-order valence-corrected chi connectivity index (χ0v) is 9.97. The van der Waals surface area contributed by atoms with Crippen molar-refractivity contribution in [3.05, 3.63) is 59.0 Å². The maximum absolute atomic E-state index is 5.54. The molecule has 0 saturated carbocycles. The summed E-state index contributed by atoms with van der Waals surface area (Å²) in [5, 5.41) is 0. The van der Waals surface area contributed by atoms with E-state index in [0.29, 0.717) is 0 Å². The summed E-state index contributed by atoms with van der Waals surface area (Å²) in [7, 11) is 0. The van der Waals surface area contributed by atoms with E-state index in [1.807, 2.05) is 31.2 Å². The quantitative estimate of drug-likeness (QED) is 0.642. The van der Waals surface area contributed by atoms with E-state index < -0.39 is 0 Å². The zero-order chi connectivity index (χ0) is 11.5. The number of hydrogen-bond acceptors (Lipinski definition) is 1. The molecule has 1 aromatic rings. The number of allylic oxidation sites excluding steroid dienone is 5. The summed E-state index contributed by atoms with van der Waals surface area (Å²) in [5.41, 5.74) is 3.26. The molecule has 0 aliphatic carbocycles. The van der Waals surface area contributed by atoms with Crippen LogP contribution in [0.1, 0.15) is 12.5 Å². The van der Waals surface area contributed by atoms with Crippen LogP contribution in [0, 0.1) is 12.3 Å². The second kappa shape index (κ2) is 4.47. The van der Waals surface area contributed by atoms with Crippen molar-refractivity contribution in [1.29, 1.82) is 0 Å². The van der Waals surface area contributed by atoms with E-state index in [-0.39, 0.29) is 0 Å². The Kier molecular flexibility index (Phi) is 3.03. The van der Waals surface area contributed by atoms with Crippen molar-refractivity contribution in [2.24, 2.45) is 0 Å². The molecule has 1 aliphatic heterocycles. The second-order valence-electron chi connectivity index (χ2n) is 3.46. The van der Waals surface area contributed by atoms with Crippen LogP contribution >= 0.6 is 11.8 Å². The van der Waals surface area contributed by atoms with Crippen molar-refractivity contribution in [2.75, 3.05) is 0 Å². The van der Waals surface area contributed by atoms with Crippen molar-refractivity contribution in [1.82, 2.24) is 0 Å². The van der Waals surface area contributed by atoms with Crippen LogP contribution in [-0.2, 0) is 0 Å². The third-order valence-corrected chi connectivity index (χ3v) is 3.58. The largest absolute Gasteiger partial charge is 0.114 e. The van der Waals surface area contributed by atoms with E-state index in [1.54, 1.807) is 11.8 Å². The highest BCUT2D eigenvalue weighted by Crippen LogP contribution is 2.43. The third-order valence-electron chi connectivity index (χ3n) is 2.46. The molecule has 78 valence electrons. The van der Waals surface area contributed by atoms with Crippen LogP contribution < -0.4 is 0 Å². The van der Waals surface area contributed by atoms with Crippen LogP contribution in [0.3, 0.4) is 0 Å². The van der Waals surface area contributed by atoms with Crippen LogP contribution in [0.25, 0.3) is 5.57 Å². The average molecular weight is 224 g/mol. The van der Waals surface area contributed by atoms with Gasteiger partial charge in [0.05, 0.1) is 4.91 Å². The molecule has 0 spiro atoms. The first kappa shape index (κ1) is 10.9. The lowest BCUT2D eigenvalue weighted by atomic mass is 9.98. The fourth-order valence-electron chi connectivity index (χ4n) is 1.70. The molecule has 0 aromatic heterocycles. The van der Waals surface area contributed by atoms with Crippen LogP contribution in [0.5, 0.6) is 0 Å². The predicted octanol–water partition coefficient (Wildman–Crippen LogP) is 4.27. The maximum atomic E-state index is 5.54. The molecule has 0 saturated heterocycles. The molecule has 16 heavy (non-hydrogen) atoms. The summed E-state index contributed by atoms with van der Waals surface area (Å²) in [6, 6.07) is 8.21. The normalized spacial score (nSPS) is 15.1. The van der Waals surface area contributed by atoms with Gasteiger partial charge in [0.25, 0.3) is 0 Å². The fraction of sp³-hybridized carbons (Fsp3) is 0.0667. The van der Waals surface area contributed by atoms with Crippen LogP contribution in [0.2, 0.25) is 0 Å². The van der Waals surface area contributed by atoms with E-state index in [0.717, 1.165) is 16.1 Å². The van der Waals surface area contributed by atoms with Crippen LogP contribution in [0.15, 0.2) is 58.4 Å². The first-order valence-electron chi connectivity index (χ1n) is 5.08. The monoisotopic (exact) mass is 224 g/mol. The van der Waals surface area contributed by atoms with Gasteiger partial charge in [-0.2, -0.15) is 0 Å². The van der Waals surface area contributed by atoms with Gasteiger partial charge in [-0.1, -0.05) is 54.6 Å². The van der Waals surface area contributed by atoms with Gasteiger partial charge in [0.15, 0.2) is 0 Å². The molecule has 0 amide bonds. The summed E-state index contributed by atoms with van der Waals surface area (Å²) < 4.78 is 0.